The van der Waals surface area contributed by atoms with Gasteiger partial charge in [0, 0.05) is 50.3 Å². The van der Waals surface area contributed by atoms with E-state index < -0.39 is 17.3 Å². The van der Waals surface area contributed by atoms with Gasteiger partial charge in [-0.25, -0.2) is 9.69 Å². The molecule has 2 aromatic carbocycles. The Labute approximate surface area is 228 Å². The molecular weight excluding hydrogens is 518 g/mol. The second kappa shape index (κ2) is 8.44. The molecule has 3 aliphatic rings. The third-order valence-corrected chi connectivity index (χ3v) is 9.14. The fraction of sp³-hybridized carbons (Fsp3) is 0.241. The lowest BCUT2D eigenvalue weighted by molar-refractivity contribution is -0.118. The number of amides is 3. The summed E-state index contributed by atoms with van der Waals surface area (Å²) in [6.45, 7) is 5.37. The van der Waals surface area contributed by atoms with Crippen LogP contribution >= 0.6 is 23.4 Å². The summed E-state index contributed by atoms with van der Waals surface area (Å²) in [7, 11) is 0. The first kappa shape index (κ1) is 23.5. The molecule has 1 saturated heterocycles. The van der Waals surface area contributed by atoms with Crippen LogP contribution in [0.5, 0.6) is 0 Å². The highest BCUT2D eigenvalue weighted by Gasteiger charge is 2.46. The number of halogens is 1. The molecule has 0 spiro atoms. The molecule has 2 unspecified atom stereocenters. The number of carbonyl (C=O) groups is 2. The lowest BCUT2D eigenvalue weighted by Crippen LogP contribution is -2.60. The number of aromatic nitrogens is 3. The number of rotatable bonds is 3. The fourth-order valence-electron chi connectivity index (χ4n) is 5.78. The van der Waals surface area contributed by atoms with Gasteiger partial charge in [0.05, 0.1) is 24.1 Å². The number of carbonyl (C=O) groups excluding carboxylic acids is 2. The van der Waals surface area contributed by atoms with E-state index in [1.807, 2.05) is 48.7 Å². The topological polar surface area (TPSA) is 80.1 Å². The summed E-state index contributed by atoms with van der Waals surface area (Å²) in [5, 5.41) is 9.44. The molecule has 0 radical (unpaired) electrons. The highest BCUT2D eigenvalue weighted by molar-refractivity contribution is 8.09. The van der Waals surface area contributed by atoms with Gasteiger partial charge in [-0.3, -0.25) is 14.5 Å². The highest BCUT2D eigenvalue weighted by atomic mass is 35.5. The zero-order valence-corrected chi connectivity index (χ0v) is 22.4. The van der Waals surface area contributed by atoms with Gasteiger partial charge in [0.25, 0.3) is 5.91 Å². The van der Waals surface area contributed by atoms with Crippen molar-refractivity contribution in [1.82, 2.24) is 20.1 Å². The lowest BCUT2D eigenvalue weighted by Gasteiger charge is -2.33. The molecular formula is C29H24ClN5O2S. The summed E-state index contributed by atoms with van der Waals surface area (Å²) >= 11 is 8.26. The maximum atomic E-state index is 13.8. The van der Waals surface area contributed by atoms with E-state index in [1.165, 1.54) is 22.4 Å². The number of hydrogen-bond acceptors (Lipinski definition) is 5. The van der Waals surface area contributed by atoms with Crippen LogP contribution in [0.4, 0.5) is 10.5 Å². The molecule has 2 aromatic heterocycles. The summed E-state index contributed by atoms with van der Waals surface area (Å²) in [5.41, 5.74) is 4.73. The summed E-state index contributed by atoms with van der Waals surface area (Å²) in [5.74, 6) is -0.269. The normalized spacial score (nSPS) is 21.9. The molecule has 5 heterocycles. The minimum atomic E-state index is -0.511. The average molecular weight is 542 g/mol. The number of fused-ring (bicyclic) bond motifs is 3. The van der Waals surface area contributed by atoms with Gasteiger partial charge >= 0.3 is 6.03 Å². The van der Waals surface area contributed by atoms with Crippen molar-refractivity contribution in [3.8, 4) is 11.1 Å². The van der Waals surface area contributed by atoms with Gasteiger partial charge in [0.2, 0.25) is 0 Å². The second-order valence-electron chi connectivity index (χ2n) is 10.8. The van der Waals surface area contributed by atoms with Crippen LogP contribution in [-0.2, 0) is 17.8 Å². The molecule has 38 heavy (non-hydrogen) atoms. The minimum Gasteiger partial charge on any atom is -0.329 e. The smallest absolute Gasteiger partial charge is 0.329 e. The van der Waals surface area contributed by atoms with Crippen LogP contribution in [0.15, 0.2) is 67.1 Å². The van der Waals surface area contributed by atoms with E-state index in [0.29, 0.717) is 10.7 Å². The maximum Gasteiger partial charge on any atom is 0.329 e. The van der Waals surface area contributed by atoms with Crippen LogP contribution < -0.4 is 10.2 Å². The van der Waals surface area contributed by atoms with Gasteiger partial charge in [-0.15, -0.1) is 11.8 Å². The van der Waals surface area contributed by atoms with Crippen molar-refractivity contribution in [1.29, 1.82) is 0 Å². The molecule has 3 amide bonds. The standard InChI is InChI=1S/C29H24ClN5O2S/c1-29(2)11-22-19(13-32-34(22)15-29)18-8-5-9-20(30)25(18)24-10-21-26(38-24)27(36)35(28(37)33-21)23-14-31-12-16-6-3-4-7-17(16)23/h3-10,12-14,21,26H,11,15H2,1-2H3,(H,33,37). The maximum absolute atomic E-state index is 13.8. The molecule has 7 nitrogen and oxygen atoms in total. The van der Waals surface area contributed by atoms with Crippen molar-refractivity contribution in [3.05, 3.63) is 83.4 Å². The first-order valence-corrected chi connectivity index (χ1v) is 13.8. The zero-order chi connectivity index (χ0) is 26.2. The van der Waals surface area contributed by atoms with E-state index >= 15 is 0 Å². The third-order valence-electron chi connectivity index (χ3n) is 7.48. The number of benzene rings is 2. The van der Waals surface area contributed by atoms with Gasteiger partial charge in [-0.2, -0.15) is 5.10 Å². The van der Waals surface area contributed by atoms with Gasteiger partial charge in [-0.1, -0.05) is 61.8 Å². The predicted octanol–water partition coefficient (Wildman–Crippen LogP) is 5.92. The Bertz CT molecular complexity index is 1690. The molecule has 2 atom stereocenters. The third kappa shape index (κ3) is 3.58. The van der Waals surface area contributed by atoms with Crippen molar-refractivity contribution in [2.45, 2.75) is 38.1 Å². The molecule has 190 valence electrons. The molecule has 9 heteroatoms. The Morgan fingerprint density at radius 1 is 1.05 bits per heavy atom. The van der Waals surface area contributed by atoms with E-state index in [0.717, 1.165) is 45.3 Å². The minimum absolute atomic E-state index is 0.143. The molecule has 0 saturated carbocycles. The number of hydrogen-bond donors (Lipinski definition) is 1. The monoisotopic (exact) mass is 541 g/mol. The SMILES string of the molecule is CC1(C)Cc2c(-c3cccc(Cl)c3C3=CC4NC(=O)N(c5cncc6ccccc56)C(=O)C4S3)cnn2C1. The largest absolute Gasteiger partial charge is 0.329 e. The Kier molecular flexibility index (Phi) is 5.22. The highest BCUT2D eigenvalue weighted by Crippen LogP contribution is 2.49. The van der Waals surface area contributed by atoms with Crippen LogP contribution in [0.3, 0.4) is 0 Å². The molecule has 0 bridgehead atoms. The number of thioether (sulfide) groups is 1. The van der Waals surface area contributed by atoms with Crippen molar-refractivity contribution < 1.29 is 9.59 Å². The zero-order valence-electron chi connectivity index (χ0n) is 20.8. The number of imide groups is 1. The van der Waals surface area contributed by atoms with Gasteiger partial charge in [-0.05, 0) is 29.5 Å². The first-order valence-electron chi connectivity index (χ1n) is 12.5. The van der Waals surface area contributed by atoms with Crippen molar-refractivity contribution in [2.24, 2.45) is 5.41 Å². The summed E-state index contributed by atoms with van der Waals surface area (Å²) in [6.07, 6.45) is 8.10. The van der Waals surface area contributed by atoms with E-state index in [-0.39, 0.29) is 11.3 Å². The van der Waals surface area contributed by atoms with Gasteiger partial charge in [0.1, 0.15) is 5.25 Å². The van der Waals surface area contributed by atoms with Crippen LogP contribution in [0.1, 0.15) is 25.1 Å². The summed E-state index contributed by atoms with van der Waals surface area (Å²) < 4.78 is 2.08. The van der Waals surface area contributed by atoms with Crippen LogP contribution in [0.2, 0.25) is 5.02 Å². The van der Waals surface area contributed by atoms with Crippen LogP contribution in [0, 0.1) is 5.41 Å². The van der Waals surface area contributed by atoms with Crippen molar-refractivity contribution in [2.75, 3.05) is 4.90 Å². The van der Waals surface area contributed by atoms with Crippen LogP contribution in [0.25, 0.3) is 26.8 Å². The first-order chi connectivity index (χ1) is 18.3. The Balaban J connectivity index is 1.26. The number of nitrogens with zero attached hydrogens (tertiary/aromatic N) is 4. The number of anilines is 1. The van der Waals surface area contributed by atoms with E-state index in [1.54, 1.807) is 12.4 Å². The molecule has 7 rings (SSSR count). The summed E-state index contributed by atoms with van der Waals surface area (Å²) in [4.78, 5) is 33.4. The van der Waals surface area contributed by atoms with Crippen LogP contribution in [-0.4, -0.2) is 38.0 Å². The number of nitrogens with one attached hydrogen (secondary N) is 1. The average Bonchev–Trinajstić information content (AvgIpc) is 3.55. The molecule has 0 aliphatic carbocycles. The lowest BCUT2D eigenvalue weighted by atomic mass is 9.89. The Hall–Kier alpha value is -3.62. The van der Waals surface area contributed by atoms with Crippen molar-refractivity contribution >= 4 is 56.7 Å². The Morgan fingerprint density at radius 2 is 1.89 bits per heavy atom. The number of urea groups is 1. The van der Waals surface area contributed by atoms with Gasteiger partial charge in [0.15, 0.2) is 0 Å². The quantitative estimate of drug-likeness (QED) is 0.348. The number of pyridine rings is 1. The van der Waals surface area contributed by atoms with E-state index in [4.69, 9.17) is 11.6 Å². The van der Waals surface area contributed by atoms with E-state index in [2.05, 4.69) is 40.0 Å². The second-order valence-corrected chi connectivity index (χ2v) is 12.4. The Morgan fingerprint density at radius 3 is 2.76 bits per heavy atom. The molecule has 3 aliphatic heterocycles. The fourth-order valence-corrected chi connectivity index (χ4v) is 7.45. The molecule has 1 fully saturated rings. The van der Waals surface area contributed by atoms with Crippen molar-refractivity contribution in [3.63, 3.8) is 0 Å². The molecule has 4 aromatic rings. The predicted molar refractivity (Wildman–Crippen MR) is 151 cm³/mol. The molecule has 1 N–H and O–H groups in total. The van der Waals surface area contributed by atoms with E-state index in [9.17, 15) is 9.59 Å². The summed E-state index contributed by atoms with van der Waals surface area (Å²) in [6, 6.07) is 12.6. The van der Waals surface area contributed by atoms with Gasteiger partial charge < -0.3 is 5.32 Å².